The van der Waals surface area contributed by atoms with E-state index in [0.717, 1.165) is 0 Å². The van der Waals surface area contributed by atoms with Gasteiger partial charge in [-0.15, -0.1) is 0 Å². The van der Waals surface area contributed by atoms with Gasteiger partial charge in [0, 0.05) is 24.8 Å². The first-order chi connectivity index (χ1) is 8.65. The van der Waals surface area contributed by atoms with E-state index in [1.165, 1.54) is 10.8 Å². The van der Waals surface area contributed by atoms with Gasteiger partial charge in [-0.3, -0.25) is 14.3 Å². The molecular weight excluding hydrogens is 240 g/mol. The molecule has 1 aromatic heterocycles. The summed E-state index contributed by atoms with van der Waals surface area (Å²) in [7, 11) is 0. The minimum Gasteiger partial charge on any atom is -0.396 e. The van der Waals surface area contributed by atoms with Crippen molar-refractivity contribution >= 4 is 0 Å². The Morgan fingerprint density at radius 3 is 2.72 bits per heavy atom. The van der Waals surface area contributed by atoms with Gasteiger partial charge in [-0.1, -0.05) is 6.08 Å². The Morgan fingerprint density at radius 2 is 2.11 bits per heavy atom. The molecule has 1 aromatic rings. The maximum Gasteiger partial charge on any atom is 0.330 e. The van der Waals surface area contributed by atoms with Gasteiger partial charge in [0.05, 0.1) is 6.61 Å². The van der Waals surface area contributed by atoms with Gasteiger partial charge in [0.25, 0.3) is 5.56 Å². The lowest BCUT2D eigenvalue weighted by Crippen LogP contribution is -2.34. The second-order valence-corrected chi connectivity index (χ2v) is 3.93. The topological polar surface area (TPSA) is 105 Å². The van der Waals surface area contributed by atoms with Crippen LogP contribution in [-0.4, -0.2) is 39.1 Å². The van der Waals surface area contributed by atoms with Crippen LogP contribution >= 0.6 is 0 Å². The molecule has 0 saturated carbocycles. The quantitative estimate of drug-likeness (QED) is 0.568. The minimum absolute atomic E-state index is 0.162. The van der Waals surface area contributed by atoms with Crippen LogP contribution in [0.3, 0.4) is 0 Å². The van der Waals surface area contributed by atoms with E-state index in [1.807, 2.05) is 0 Å². The smallest absolute Gasteiger partial charge is 0.330 e. The summed E-state index contributed by atoms with van der Waals surface area (Å²) in [4.78, 5) is 25.3. The number of nitrogens with zero attached hydrogens (tertiary/aromatic N) is 1. The number of aromatic amines is 1. The average molecular weight is 254 g/mol. The van der Waals surface area contributed by atoms with Crippen LogP contribution in [-0.2, 0) is 11.2 Å². The predicted molar refractivity (Wildman–Crippen MR) is 62.2 cm³/mol. The second kappa shape index (κ2) is 5.30. The van der Waals surface area contributed by atoms with Crippen molar-refractivity contribution in [3.63, 3.8) is 0 Å². The lowest BCUT2D eigenvalue weighted by molar-refractivity contribution is -0.0104. The first-order valence-corrected chi connectivity index (χ1v) is 5.55. The summed E-state index contributed by atoms with van der Waals surface area (Å²) in [6.07, 6.45) is 3.71. The lowest BCUT2D eigenvalue weighted by atomic mass is 10.2. The maximum absolute atomic E-state index is 11.6. The molecule has 0 bridgehead atoms. The Labute approximate surface area is 102 Å². The van der Waals surface area contributed by atoms with E-state index in [-0.39, 0.29) is 19.6 Å². The lowest BCUT2D eigenvalue weighted by Gasteiger charge is -2.15. The van der Waals surface area contributed by atoms with Gasteiger partial charge >= 0.3 is 5.69 Å². The molecule has 7 heteroatoms. The Balaban J connectivity index is 2.34. The summed E-state index contributed by atoms with van der Waals surface area (Å²) in [6.45, 7) is -0.351. The molecule has 2 atom stereocenters. The van der Waals surface area contributed by atoms with Crippen LogP contribution in [0.4, 0.5) is 0 Å². The first-order valence-electron chi connectivity index (χ1n) is 5.55. The average Bonchev–Trinajstić information content (AvgIpc) is 2.81. The highest BCUT2D eigenvalue weighted by molar-refractivity contribution is 5.08. The number of ether oxygens (including phenoxy) is 1. The maximum atomic E-state index is 11.6. The SMILES string of the molecule is O=c1[nH]c(=O)n([C@@H]2C=C[C@H](CO)O2)cc1CCO. The van der Waals surface area contributed by atoms with Crippen LogP contribution in [0, 0.1) is 0 Å². The zero-order valence-corrected chi connectivity index (χ0v) is 9.57. The summed E-state index contributed by atoms with van der Waals surface area (Å²) < 4.78 is 6.59. The van der Waals surface area contributed by atoms with Crippen molar-refractivity contribution in [2.75, 3.05) is 13.2 Å². The van der Waals surface area contributed by atoms with E-state index in [0.29, 0.717) is 5.56 Å². The van der Waals surface area contributed by atoms with Crippen molar-refractivity contribution in [1.29, 1.82) is 0 Å². The highest BCUT2D eigenvalue weighted by Crippen LogP contribution is 2.18. The van der Waals surface area contributed by atoms with Crippen molar-refractivity contribution in [1.82, 2.24) is 9.55 Å². The molecule has 2 heterocycles. The first kappa shape index (κ1) is 12.7. The van der Waals surface area contributed by atoms with Gasteiger partial charge in [0.1, 0.15) is 6.10 Å². The molecule has 98 valence electrons. The predicted octanol–water partition coefficient (Wildman–Crippen LogP) is -1.48. The van der Waals surface area contributed by atoms with Gasteiger partial charge in [-0.2, -0.15) is 0 Å². The molecule has 0 radical (unpaired) electrons. The number of hydrogen-bond acceptors (Lipinski definition) is 5. The number of aliphatic hydroxyl groups excluding tert-OH is 2. The van der Waals surface area contributed by atoms with Crippen molar-refractivity contribution in [3.05, 3.63) is 44.8 Å². The molecule has 1 aliphatic rings. The molecule has 0 aliphatic carbocycles. The number of nitrogens with one attached hydrogen (secondary N) is 1. The Bertz CT molecular complexity index is 559. The summed E-state index contributed by atoms with van der Waals surface area (Å²) in [5.74, 6) is 0. The molecule has 2 rings (SSSR count). The number of hydrogen-bond donors (Lipinski definition) is 3. The number of H-pyrrole nitrogens is 1. The van der Waals surface area contributed by atoms with E-state index in [9.17, 15) is 9.59 Å². The third-order valence-electron chi connectivity index (χ3n) is 2.68. The zero-order chi connectivity index (χ0) is 13.1. The highest BCUT2D eigenvalue weighted by Gasteiger charge is 2.21. The van der Waals surface area contributed by atoms with E-state index >= 15 is 0 Å². The molecule has 0 aromatic carbocycles. The van der Waals surface area contributed by atoms with Crippen LogP contribution in [0.25, 0.3) is 0 Å². The number of aromatic nitrogens is 2. The largest absolute Gasteiger partial charge is 0.396 e. The monoisotopic (exact) mass is 254 g/mol. The number of rotatable bonds is 4. The molecule has 18 heavy (non-hydrogen) atoms. The molecule has 1 aliphatic heterocycles. The van der Waals surface area contributed by atoms with E-state index < -0.39 is 23.6 Å². The van der Waals surface area contributed by atoms with Gasteiger partial charge in [0.2, 0.25) is 0 Å². The Hall–Kier alpha value is -1.70. The number of aliphatic hydroxyl groups is 2. The fourth-order valence-corrected chi connectivity index (χ4v) is 1.77. The molecule has 3 N–H and O–H groups in total. The molecule has 0 amide bonds. The van der Waals surface area contributed by atoms with Gasteiger partial charge in [-0.25, -0.2) is 4.79 Å². The van der Waals surface area contributed by atoms with Crippen molar-refractivity contribution in [3.8, 4) is 0 Å². The van der Waals surface area contributed by atoms with Gasteiger partial charge in [-0.05, 0) is 6.08 Å². The molecular formula is C11H14N2O5. The van der Waals surface area contributed by atoms with Crippen LogP contribution in [0.15, 0.2) is 27.9 Å². The Kier molecular flexibility index (Phi) is 3.75. The minimum atomic E-state index is -0.649. The molecule has 0 unspecified atom stereocenters. The molecule has 0 saturated heterocycles. The fourth-order valence-electron chi connectivity index (χ4n) is 1.77. The third kappa shape index (κ3) is 2.42. The second-order valence-electron chi connectivity index (χ2n) is 3.93. The standard InChI is InChI=1S/C11H14N2O5/c14-4-3-7-5-13(11(17)12-10(7)16)9-2-1-8(6-15)18-9/h1-2,5,8-9,14-15H,3-4,6H2,(H,12,16,17)/t8-,9+/m1/s1. The van der Waals surface area contributed by atoms with E-state index in [2.05, 4.69) is 4.98 Å². The third-order valence-corrected chi connectivity index (χ3v) is 2.68. The van der Waals surface area contributed by atoms with Crippen molar-refractivity contribution < 1.29 is 14.9 Å². The van der Waals surface area contributed by atoms with E-state index in [4.69, 9.17) is 14.9 Å². The summed E-state index contributed by atoms with van der Waals surface area (Å²) in [5, 5.41) is 17.8. The van der Waals surface area contributed by atoms with Gasteiger partial charge < -0.3 is 14.9 Å². The summed E-state index contributed by atoms with van der Waals surface area (Å²) >= 11 is 0. The normalized spacial score (nSPS) is 22.6. The van der Waals surface area contributed by atoms with Crippen molar-refractivity contribution in [2.45, 2.75) is 18.8 Å². The highest BCUT2D eigenvalue weighted by atomic mass is 16.5. The zero-order valence-electron chi connectivity index (χ0n) is 9.57. The summed E-state index contributed by atoms with van der Waals surface area (Å²) in [5.41, 5.74) is -0.789. The van der Waals surface area contributed by atoms with E-state index in [1.54, 1.807) is 12.2 Å². The Morgan fingerprint density at radius 1 is 1.33 bits per heavy atom. The molecule has 0 fully saturated rings. The fraction of sp³-hybridized carbons (Fsp3) is 0.455. The summed E-state index contributed by atoms with van der Waals surface area (Å²) in [6, 6.07) is 0. The van der Waals surface area contributed by atoms with Crippen LogP contribution in [0.5, 0.6) is 0 Å². The van der Waals surface area contributed by atoms with Crippen LogP contribution in [0.2, 0.25) is 0 Å². The molecule has 7 nitrogen and oxygen atoms in total. The van der Waals surface area contributed by atoms with Crippen LogP contribution in [0.1, 0.15) is 11.8 Å². The van der Waals surface area contributed by atoms with Crippen LogP contribution < -0.4 is 11.2 Å². The van der Waals surface area contributed by atoms with Crippen molar-refractivity contribution in [2.24, 2.45) is 0 Å². The van der Waals surface area contributed by atoms with Gasteiger partial charge in [0.15, 0.2) is 6.23 Å². The molecule has 0 spiro atoms.